The second kappa shape index (κ2) is 9.16. The van der Waals surface area contributed by atoms with Gasteiger partial charge in [-0.2, -0.15) is 0 Å². The Hall–Kier alpha value is -0.820. The summed E-state index contributed by atoms with van der Waals surface area (Å²) in [5.41, 5.74) is 2.96. The molecule has 0 amide bonds. The molecular formula is C17H29N. The first-order valence-electron chi connectivity index (χ1n) is 7.53. The third-order valence-electron chi connectivity index (χ3n) is 3.67. The Balaban J connectivity index is 2.51. The van der Waals surface area contributed by atoms with Gasteiger partial charge in [0.2, 0.25) is 0 Å². The van der Waals surface area contributed by atoms with Crippen molar-refractivity contribution in [1.29, 1.82) is 0 Å². The van der Waals surface area contributed by atoms with E-state index in [0.717, 1.165) is 19.0 Å². The minimum absolute atomic E-state index is 0.789. The molecule has 0 aromatic heterocycles. The number of hydrogen-bond donors (Lipinski definition) is 1. The molecule has 0 saturated heterocycles. The van der Waals surface area contributed by atoms with Gasteiger partial charge >= 0.3 is 0 Å². The van der Waals surface area contributed by atoms with Crippen LogP contribution in [-0.2, 0) is 6.42 Å². The fourth-order valence-corrected chi connectivity index (χ4v) is 2.46. The van der Waals surface area contributed by atoms with Crippen LogP contribution in [0.2, 0.25) is 0 Å². The summed E-state index contributed by atoms with van der Waals surface area (Å²) in [4.78, 5) is 0. The van der Waals surface area contributed by atoms with Crippen molar-refractivity contribution in [3.8, 4) is 0 Å². The van der Waals surface area contributed by atoms with Gasteiger partial charge in [-0.3, -0.25) is 0 Å². The molecule has 0 aliphatic heterocycles. The van der Waals surface area contributed by atoms with Crippen molar-refractivity contribution in [2.24, 2.45) is 5.92 Å². The minimum Gasteiger partial charge on any atom is -0.317 e. The standard InChI is InChI=1S/C17H29N/c1-4-6-7-11-16(14-18-5-2)13-17-12-9-8-10-15(17)3/h8-10,12,16,18H,4-7,11,13-14H2,1-3H3. The van der Waals surface area contributed by atoms with Gasteiger partial charge in [0.05, 0.1) is 0 Å². The van der Waals surface area contributed by atoms with Crippen molar-refractivity contribution in [1.82, 2.24) is 5.32 Å². The predicted molar refractivity (Wildman–Crippen MR) is 81.1 cm³/mol. The van der Waals surface area contributed by atoms with E-state index in [1.54, 1.807) is 0 Å². The van der Waals surface area contributed by atoms with Gasteiger partial charge in [-0.15, -0.1) is 0 Å². The molecule has 1 atom stereocenters. The summed E-state index contributed by atoms with van der Waals surface area (Å²) in [5.74, 6) is 0.789. The monoisotopic (exact) mass is 247 g/mol. The Labute approximate surface area is 113 Å². The van der Waals surface area contributed by atoms with Crippen LogP contribution in [0.1, 0.15) is 50.7 Å². The maximum Gasteiger partial charge on any atom is -0.00175 e. The lowest BCUT2D eigenvalue weighted by Gasteiger charge is -2.18. The summed E-state index contributed by atoms with van der Waals surface area (Å²) >= 11 is 0. The molecule has 18 heavy (non-hydrogen) atoms. The highest BCUT2D eigenvalue weighted by atomic mass is 14.8. The number of nitrogens with one attached hydrogen (secondary N) is 1. The van der Waals surface area contributed by atoms with Crippen molar-refractivity contribution < 1.29 is 0 Å². The number of hydrogen-bond acceptors (Lipinski definition) is 1. The van der Waals surface area contributed by atoms with E-state index in [-0.39, 0.29) is 0 Å². The summed E-state index contributed by atoms with van der Waals surface area (Å²) in [6.45, 7) is 8.94. The normalized spacial score (nSPS) is 12.6. The van der Waals surface area contributed by atoms with E-state index in [1.807, 2.05) is 0 Å². The van der Waals surface area contributed by atoms with Crippen molar-refractivity contribution in [3.63, 3.8) is 0 Å². The third-order valence-corrected chi connectivity index (χ3v) is 3.67. The highest BCUT2D eigenvalue weighted by Crippen LogP contribution is 2.18. The van der Waals surface area contributed by atoms with Gasteiger partial charge in [0, 0.05) is 0 Å². The number of unbranched alkanes of at least 4 members (excludes halogenated alkanes) is 2. The van der Waals surface area contributed by atoms with Gasteiger partial charge in [0.25, 0.3) is 0 Å². The topological polar surface area (TPSA) is 12.0 Å². The van der Waals surface area contributed by atoms with Gasteiger partial charge in [0.1, 0.15) is 0 Å². The second-order valence-corrected chi connectivity index (χ2v) is 5.30. The van der Waals surface area contributed by atoms with E-state index in [9.17, 15) is 0 Å². The maximum atomic E-state index is 3.51. The lowest BCUT2D eigenvalue weighted by atomic mass is 9.91. The molecule has 1 unspecified atom stereocenters. The largest absolute Gasteiger partial charge is 0.317 e. The Bertz CT molecular complexity index is 319. The molecule has 0 saturated carbocycles. The molecule has 1 heteroatoms. The molecule has 1 aromatic rings. The Morgan fingerprint density at radius 1 is 1.11 bits per heavy atom. The highest BCUT2D eigenvalue weighted by Gasteiger charge is 2.10. The van der Waals surface area contributed by atoms with Crippen LogP contribution in [0.3, 0.4) is 0 Å². The Morgan fingerprint density at radius 3 is 2.56 bits per heavy atom. The quantitative estimate of drug-likeness (QED) is 0.640. The number of benzene rings is 1. The first-order chi connectivity index (χ1) is 8.77. The van der Waals surface area contributed by atoms with Crippen LogP contribution in [0, 0.1) is 12.8 Å². The van der Waals surface area contributed by atoms with Gasteiger partial charge < -0.3 is 5.32 Å². The van der Waals surface area contributed by atoms with Crippen molar-refractivity contribution in [3.05, 3.63) is 35.4 Å². The van der Waals surface area contributed by atoms with Crippen LogP contribution in [0.15, 0.2) is 24.3 Å². The summed E-state index contributed by atoms with van der Waals surface area (Å²) in [7, 11) is 0. The van der Waals surface area contributed by atoms with Crippen LogP contribution in [-0.4, -0.2) is 13.1 Å². The van der Waals surface area contributed by atoms with E-state index in [4.69, 9.17) is 0 Å². The average Bonchev–Trinajstić information content (AvgIpc) is 2.38. The molecule has 1 nitrogen and oxygen atoms in total. The molecule has 1 N–H and O–H groups in total. The van der Waals surface area contributed by atoms with Gasteiger partial charge in [-0.1, -0.05) is 57.4 Å². The molecule has 102 valence electrons. The van der Waals surface area contributed by atoms with Gasteiger partial charge in [0.15, 0.2) is 0 Å². The highest BCUT2D eigenvalue weighted by molar-refractivity contribution is 5.25. The SMILES string of the molecule is CCCCCC(CNCC)Cc1ccccc1C. The zero-order valence-corrected chi connectivity index (χ0v) is 12.3. The fourth-order valence-electron chi connectivity index (χ4n) is 2.46. The molecule has 1 rings (SSSR count). The molecule has 0 aliphatic rings. The zero-order chi connectivity index (χ0) is 13.2. The first kappa shape index (κ1) is 15.2. The van der Waals surface area contributed by atoms with Crippen LogP contribution in [0.25, 0.3) is 0 Å². The molecule has 0 radical (unpaired) electrons. The summed E-state index contributed by atoms with van der Waals surface area (Å²) in [6.07, 6.45) is 6.64. The van der Waals surface area contributed by atoms with Crippen molar-refractivity contribution >= 4 is 0 Å². The fraction of sp³-hybridized carbons (Fsp3) is 0.647. The second-order valence-electron chi connectivity index (χ2n) is 5.30. The van der Waals surface area contributed by atoms with Crippen molar-refractivity contribution in [2.45, 2.75) is 52.9 Å². The molecule has 0 bridgehead atoms. The molecule has 0 spiro atoms. The van der Waals surface area contributed by atoms with Crippen LogP contribution in [0.4, 0.5) is 0 Å². The molecule has 0 fully saturated rings. The predicted octanol–water partition coefficient (Wildman–Crippen LogP) is 4.34. The van der Waals surface area contributed by atoms with Crippen LogP contribution < -0.4 is 5.32 Å². The van der Waals surface area contributed by atoms with Gasteiger partial charge in [-0.05, 0) is 49.9 Å². The van der Waals surface area contributed by atoms with E-state index in [0.29, 0.717) is 0 Å². The molecule has 0 aliphatic carbocycles. The van der Waals surface area contributed by atoms with E-state index < -0.39 is 0 Å². The minimum atomic E-state index is 0.789. The van der Waals surface area contributed by atoms with Crippen LogP contribution in [0.5, 0.6) is 0 Å². The zero-order valence-electron chi connectivity index (χ0n) is 12.3. The smallest absolute Gasteiger partial charge is 0.00175 e. The average molecular weight is 247 g/mol. The Morgan fingerprint density at radius 2 is 1.89 bits per heavy atom. The summed E-state index contributed by atoms with van der Waals surface area (Å²) < 4.78 is 0. The first-order valence-corrected chi connectivity index (χ1v) is 7.53. The van der Waals surface area contributed by atoms with Gasteiger partial charge in [-0.25, -0.2) is 0 Å². The van der Waals surface area contributed by atoms with Crippen LogP contribution >= 0.6 is 0 Å². The number of rotatable bonds is 9. The lowest BCUT2D eigenvalue weighted by molar-refractivity contribution is 0.428. The lowest BCUT2D eigenvalue weighted by Crippen LogP contribution is -2.24. The third kappa shape index (κ3) is 5.68. The van der Waals surface area contributed by atoms with E-state index in [2.05, 4.69) is 50.4 Å². The van der Waals surface area contributed by atoms with E-state index >= 15 is 0 Å². The Kier molecular flexibility index (Phi) is 7.75. The summed E-state index contributed by atoms with van der Waals surface area (Å²) in [5, 5.41) is 3.51. The van der Waals surface area contributed by atoms with E-state index in [1.165, 1.54) is 43.2 Å². The maximum absolute atomic E-state index is 3.51. The number of aryl methyl sites for hydroxylation is 1. The summed E-state index contributed by atoms with van der Waals surface area (Å²) in [6, 6.07) is 8.81. The molecule has 0 heterocycles. The molecule has 1 aromatic carbocycles. The molecular weight excluding hydrogens is 218 g/mol. The van der Waals surface area contributed by atoms with Crippen molar-refractivity contribution in [2.75, 3.05) is 13.1 Å².